The summed E-state index contributed by atoms with van der Waals surface area (Å²) in [4.78, 5) is 13.5. The second-order valence-electron chi connectivity index (χ2n) is 5.99. The smallest absolute Gasteiger partial charge is 0.257 e. The van der Waals surface area contributed by atoms with Gasteiger partial charge < -0.3 is 4.90 Å². The Morgan fingerprint density at radius 2 is 1.78 bits per heavy atom. The van der Waals surface area contributed by atoms with E-state index in [9.17, 15) is 13.2 Å². The topological polar surface area (TPSA) is 41.9 Å². The zero-order valence-corrected chi connectivity index (χ0v) is 13.3. The molecular weight excluding hydrogens is 352 g/mol. The van der Waals surface area contributed by atoms with Crippen molar-refractivity contribution in [3.05, 3.63) is 22.5 Å². The largest absolute Gasteiger partial charge is 0.355 e. The molecular formula is C14H11Cl2F3N4. The van der Waals surface area contributed by atoms with Crippen LogP contribution in [0.4, 0.5) is 19.0 Å². The summed E-state index contributed by atoms with van der Waals surface area (Å²) in [5.41, 5.74) is -0.0512. The highest BCUT2D eigenvalue weighted by atomic mass is 35.5. The van der Waals surface area contributed by atoms with Crippen molar-refractivity contribution in [2.75, 3.05) is 18.0 Å². The van der Waals surface area contributed by atoms with Crippen LogP contribution in [0, 0.1) is 17.7 Å². The van der Waals surface area contributed by atoms with Gasteiger partial charge in [0.25, 0.3) is 5.92 Å². The third kappa shape index (κ3) is 2.24. The molecule has 2 atom stereocenters. The molecule has 4 rings (SSSR count). The zero-order valence-electron chi connectivity index (χ0n) is 11.7. The standard InChI is InChI=1S/C14H11Cl2F3N4/c15-11-9(17)10-8(3-20-11)12(22-13(16)21-10)23-4-6-1-2-7(5-23)14(6,18)19/h3,6-7H,1-2,4-5H2/t6-,7+. The predicted octanol–water partition coefficient (Wildman–Crippen LogP) is 3.95. The van der Waals surface area contributed by atoms with Gasteiger partial charge in [-0.3, -0.25) is 0 Å². The average Bonchev–Trinajstić information content (AvgIpc) is 2.69. The van der Waals surface area contributed by atoms with E-state index in [0.717, 1.165) is 0 Å². The molecule has 1 saturated carbocycles. The van der Waals surface area contributed by atoms with Gasteiger partial charge in [0.05, 0.1) is 5.39 Å². The third-order valence-electron chi connectivity index (χ3n) is 4.73. The molecule has 1 aliphatic carbocycles. The Hall–Kier alpha value is -1.34. The summed E-state index contributed by atoms with van der Waals surface area (Å²) in [6.45, 7) is 0.298. The van der Waals surface area contributed by atoms with E-state index in [1.165, 1.54) is 6.20 Å². The lowest BCUT2D eigenvalue weighted by Gasteiger charge is -2.38. The lowest BCUT2D eigenvalue weighted by molar-refractivity contribution is -0.0830. The molecule has 3 heterocycles. The van der Waals surface area contributed by atoms with E-state index in [1.54, 1.807) is 4.90 Å². The van der Waals surface area contributed by atoms with E-state index in [0.29, 0.717) is 24.0 Å². The number of halogens is 5. The Labute approximate surface area is 139 Å². The summed E-state index contributed by atoms with van der Waals surface area (Å²) in [7, 11) is 0. The molecule has 2 aliphatic rings. The number of fused-ring (bicyclic) bond motifs is 3. The van der Waals surface area contributed by atoms with E-state index in [4.69, 9.17) is 23.2 Å². The molecule has 2 aromatic rings. The molecule has 2 fully saturated rings. The van der Waals surface area contributed by atoms with Crippen molar-refractivity contribution in [1.29, 1.82) is 0 Å². The molecule has 0 amide bonds. The number of aromatic nitrogens is 3. The van der Waals surface area contributed by atoms with Crippen molar-refractivity contribution in [3.63, 3.8) is 0 Å². The molecule has 0 unspecified atom stereocenters. The van der Waals surface area contributed by atoms with E-state index >= 15 is 0 Å². The Kier molecular flexibility index (Phi) is 3.36. The van der Waals surface area contributed by atoms with Crippen LogP contribution in [0.15, 0.2) is 6.20 Å². The Balaban J connectivity index is 1.83. The van der Waals surface area contributed by atoms with Crippen LogP contribution in [0.2, 0.25) is 10.4 Å². The summed E-state index contributed by atoms with van der Waals surface area (Å²) >= 11 is 11.6. The molecule has 4 nitrogen and oxygen atoms in total. The van der Waals surface area contributed by atoms with Crippen LogP contribution in [0.5, 0.6) is 0 Å². The SMILES string of the molecule is Fc1c(Cl)ncc2c(N3C[C@H]4CC[C@@H](C3)C4(F)F)nc(Cl)nc12. The maximum absolute atomic E-state index is 14.1. The number of alkyl halides is 2. The van der Waals surface area contributed by atoms with Crippen molar-refractivity contribution < 1.29 is 13.2 Å². The van der Waals surface area contributed by atoms with E-state index in [1.807, 2.05) is 0 Å². The van der Waals surface area contributed by atoms with Crippen LogP contribution in [-0.2, 0) is 0 Å². The molecule has 1 saturated heterocycles. The minimum absolute atomic E-state index is 0.0512. The van der Waals surface area contributed by atoms with Gasteiger partial charge in [-0.15, -0.1) is 0 Å². The van der Waals surface area contributed by atoms with Crippen molar-refractivity contribution in [3.8, 4) is 0 Å². The second kappa shape index (κ2) is 5.08. The molecule has 0 spiro atoms. The first-order chi connectivity index (χ1) is 10.9. The number of rotatable bonds is 1. The van der Waals surface area contributed by atoms with Crippen molar-refractivity contribution in [2.45, 2.75) is 18.8 Å². The molecule has 23 heavy (non-hydrogen) atoms. The highest BCUT2D eigenvalue weighted by Crippen LogP contribution is 2.49. The van der Waals surface area contributed by atoms with E-state index < -0.39 is 23.6 Å². The van der Waals surface area contributed by atoms with Crippen LogP contribution in [0.1, 0.15) is 12.8 Å². The lowest BCUT2D eigenvalue weighted by atomic mass is 9.93. The zero-order chi connectivity index (χ0) is 16.4. The summed E-state index contributed by atoms with van der Waals surface area (Å²) in [5, 5.41) is -0.150. The molecule has 122 valence electrons. The number of nitrogens with zero attached hydrogens (tertiary/aromatic N) is 4. The van der Waals surface area contributed by atoms with Gasteiger partial charge in [-0.1, -0.05) is 11.6 Å². The minimum Gasteiger partial charge on any atom is -0.355 e. The predicted molar refractivity (Wildman–Crippen MR) is 80.7 cm³/mol. The summed E-state index contributed by atoms with van der Waals surface area (Å²) < 4.78 is 42.3. The quantitative estimate of drug-likeness (QED) is 0.568. The van der Waals surface area contributed by atoms with Gasteiger partial charge in [0, 0.05) is 31.1 Å². The van der Waals surface area contributed by atoms with Crippen molar-refractivity contribution >= 4 is 39.9 Å². The average molecular weight is 363 g/mol. The molecule has 9 heteroatoms. The number of hydrogen-bond donors (Lipinski definition) is 0. The number of hydrogen-bond acceptors (Lipinski definition) is 4. The number of piperidine rings is 1. The fourth-order valence-electron chi connectivity index (χ4n) is 3.56. The summed E-state index contributed by atoms with van der Waals surface area (Å²) in [5.74, 6) is -4.57. The van der Waals surface area contributed by atoms with Gasteiger partial charge in [0.15, 0.2) is 11.0 Å². The first-order valence-corrected chi connectivity index (χ1v) is 7.93. The van der Waals surface area contributed by atoms with Crippen molar-refractivity contribution in [2.24, 2.45) is 11.8 Å². The molecule has 0 radical (unpaired) electrons. The van der Waals surface area contributed by atoms with Crippen LogP contribution in [0.25, 0.3) is 10.9 Å². The highest BCUT2D eigenvalue weighted by Gasteiger charge is 2.56. The Morgan fingerprint density at radius 3 is 2.43 bits per heavy atom. The van der Waals surface area contributed by atoms with Crippen LogP contribution in [0.3, 0.4) is 0 Å². The van der Waals surface area contributed by atoms with E-state index in [2.05, 4.69) is 15.0 Å². The van der Waals surface area contributed by atoms with Crippen molar-refractivity contribution in [1.82, 2.24) is 15.0 Å². The molecule has 2 bridgehead atoms. The van der Waals surface area contributed by atoms with Gasteiger partial charge in [-0.2, -0.15) is 4.98 Å². The molecule has 0 N–H and O–H groups in total. The number of pyridine rings is 1. The molecule has 2 aromatic heterocycles. The van der Waals surface area contributed by atoms with E-state index in [-0.39, 0.29) is 29.0 Å². The first-order valence-electron chi connectivity index (χ1n) is 7.18. The highest BCUT2D eigenvalue weighted by molar-refractivity contribution is 6.30. The monoisotopic (exact) mass is 362 g/mol. The van der Waals surface area contributed by atoms with Crippen LogP contribution >= 0.6 is 23.2 Å². The fourth-order valence-corrected chi connectivity index (χ4v) is 3.86. The van der Waals surface area contributed by atoms with Crippen LogP contribution in [-0.4, -0.2) is 34.0 Å². The maximum Gasteiger partial charge on any atom is 0.257 e. The Morgan fingerprint density at radius 1 is 1.13 bits per heavy atom. The summed E-state index contributed by atoms with van der Waals surface area (Å²) in [6, 6.07) is 0. The third-order valence-corrected chi connectivity index (χ3v) is 5.16. The van der Waals surface area contributed by atoms with Gasteiger partial charge in [-0.05, 0) is 24.4 Å². The van der Waals surface area contributed by atoms with Crippen LogP contribution < -0.4 is 4.90 Å². The van der Waals surface area contributed by atoms with Gasteiger partial charge >= 0.3 is 0 Å². The normalized spacial score (nSPS) is 26.0. The lowest BCUT2D eigenvalue weighted by Crippen LogP contribution is -2.49. The van der Waals surface area contributed by atoms with Gasteiger partial charge in [-0.25, -0.2) is 23.1 Å². The first kappa shape index (κ1) is 15.2. The van der Waals surface area contributed by atoms with Gasteiger partial charge in [0.1, 0.15) is 11.3 Å². The maximum atomic E-state index is 14.1. The molecule has 1 aliphatic heterocycles. The fraction of sp³-hybridized carbons (Fsp3) is 0.500. The summed E-state index contributed by atoms with van der Waals surface area (Å²) in [6.07, 6.45) is 2.30. The van der Waals surface area contributed by atoms with Gasteiger partial charge in [0.2, 0.25) is 5.28 Å². The Bertz CT molecular complexity index is 785. The second-order valence-corrected chi connectivity index (χ2v) is 6.69. The minimum atomic E-state index is -2.66. The molecule has 0 aromatic carbocycles. The number of anilines is 1.